The summed E-state index contributed by atoms with van der Waals surface area (Å²) in [5.74, 6) is 0.983. The zero-order valence-corrected chi connectivity index (χ0v) is 13.9. The van der Waals surface area contributed by atoms with E-state index in [4.69, 9.17) is 27.6 Å². The highest BCUT2D eigenvalue weighted by atomic mass is 35.5. The van der Waals surface area contributed by atoms with Gasteiger partial charge in [0.05, 0.1) is 34.1 Å². The molecule has 2 heterocycles. The summed E-state index contributed by atoms with van der Waals surface area (Å²) in [6.45, 7) is 0.321. The third-order valence-electron chi connectivity index (χ3n) is 3.24. The molecule has 0 saturated carbocycles. The molecule has 0 aliphatic carbocycles. The second kappa shape index (κ2) is 7.38. The predicted molar refractivity (Wildman–Crippen MR) is 93.9 cm³/mol. The first-order valence-electron chi connectivity index (χ1n) is 7.11. The normalized spacial score (nSPS) is 10.4. The number of nitrogens with zero attached hydrogens (tertiary/aromatic N) is 1. The second-order valence-corrected chi connectivity index (χ2v) is 5.73. The largest absolute Gasteiger partial charge is 0.467 e. The molecule has 24 heavy (non-hydrogen) atoms. The molecule has 0 fully saturated rings. The number of carbonyl (C=O) groups excluding carboxylic acids is 1. The van der Waals surface area contributed by atoms with E-state index in [-0.39, 0.29) is 5.91 Å². The van der Waals surface area contributed by atoms with Crippen molar-refractivity contribution in [2.24, 2.45) is 0 Å². The lowest BCUT2D eigenvalue weighted by Crippen LogP contribution is -2.22. The highest BCUT2D eigenvalue weighted by Gasteiger charge is 2.09. The fourth-order valence-corrected chi connectivity index (χ4v) is 2.52. The van der Waals surface area contributed by atoms with E-state index in [1.807, 2.05) is 0 Å². The number of rotatable bonds is 5. The van der Waals surface area contributed by atoms with Crippen molar-refractivity contribution in [1.29, 1.82) is 0 Å². The minimum Gasteiger partial charge on any atom is -0.467 e. The maximum absolute atomic E-state index is 12.1. The predicted octanol–water partition coefficient (Wildman–Crippen LogP) is 4.66. The van der Waals surface area contributed by atoms with Gasteiger partial charge in [0.1, 0.15) is 11.6 Å². The van der Waals surface area contributed by atoms with Crippen molar-refractivity contribution < 1.29 is 9.21 Å². The molecule has 0 atom stereocenters. The van der Waals surface area contributed by atoms with Gasteiger partial charge in [-0.3, -0.25) is 4.79 Å². The number of benzene rings is 1. The van der Waals surface area contributed by atoms with Crippen LogP contribution in [0.4, 0.5) is 11.5 Å². The Labute approximate surface area is 148 Å². The Balaban J connectivity index is 1.65. The van der Waals surface area contributed by atoms with Crippen molar-refractivity contribution in [1.82, 2.24) is 10.3 Å². The maximum Gasteiger partial charge on any atom is 0.253 e. The highest BCUT2D eigenvalue weighted by molar-refractivity contribution is 6.39. The van der Waals surface area contributed by atoms with E-state index in [1.165, 1.54) is 6.20 Å². The van der Waals surface area contributed by atoms with Crippen molar-refractivity contribution in [3.63, 3.8) is 0 Å². The summed E-state index contributed by atoms with van der Waals surface area (Å²) >= 11 is 12.2. The quantitative estimate of drug-likeness (QED) is 0.693. The van der Waals surface area contributed by atoms with Crippen molar-refractivity contribution >= 4 is 40.6 Å². The Morgan fingerprint density at radius 3 is 2.50 bits per heavy atom. The fourth-order valence-electron chi connectivity index (χ4n) is 2.03. The summed E-state index contributed by atoms with van der Waals surface area (Å²) in [5.41, 5.74) is 1.01. The molecule has 0 aliphatic heterocycles. The first-order valence-corrected chi connectivity index (χ1v) is 7.87. The summed E-state index contributed by atoms with van der Waals surface area (Å²) in [6.07, 6.45) is 3.04. The van der Waals surface area contributed by atoms with Gasteiger partial charge in [-0.1, -0.05) is 29.3 Å². The van der Waals surface area contributed by atoms with Gasteiger partial charge >= 0.3 is 0 Å². The molecule has 3 aromatic rings. The minimum atomic E-state index is -0.235. The minimum absolute atomic E-state index is 0.235. The number of hydrogen-bond donors (Lipinski definition) is 2. The number of aromatic nitrogens is 1. The van der Waals surface area contributed by atoms with Gasteiger partial charge in [-0.25, -0.2) is 4.98 Å². The summed E-state index contributed by atoms with van der Waals surface area (Å²) in [6, 6.07) is 12.1. The summed E-state index contributed by atoms with van der Waals surface area (Å²) in [7, 11) is 0. The van der Waals surface area contributed by atoms with Crippen LogP contribution in [0.2, 0.25) is 10.0 Å². The van der Waals surface area contributed by atoms with Crippen LogP contribution in [0, 0.1) is 0 Å². The number of halogens is 2. The number of pyridine rings is 1. The Morgan fingerprint density at radius 1 is 1.08 bits per heavy atom. The van der Waals surface area contributed by atoms with Gasteiger partial charge in [-0.05, 0) is 36.4 Å². The zero-order valence-electron chi connectivity index (χ0n) is 12.4. The number of amides is 1. The van der Waals surface area contributed by atoms with Gasteiger partial charge in [-0.2, -0.15) is 0 Å². The molecule has 3 rings (SSSR count). The molecule has 0 saturated heterocycles. The van der Waals surface area contributed by atoms with Crippen LogP contribution in [0.25, 0.3) is 0 Å². The zero-order chi connectivity index (χ0) is 16.9. The van der Waals surface area contributed by atoms with Crippen LogP contribution >= 0.6 is 23.2 Å². The van der Waals surface area contributed by atoms with Crippen molar-refractivity contribution in [2.75, 3.05) is 5.32 Å². The van der Waals surface area contributed by atoms with Crippen LogP contribution in [0.15, 0.2) is 59.3 Å². The van der Waals surface area contributed by atoms with Crippen LogP contribution < -0.4 is 10.6 Å². The molecule has 2 aromatic heterocycles. The molecule has 7 heteroatoms. The molecular weight excluding hydrogens is 349 g/mol. The lowest BCUT2D eigenvalue weighted by Gasteiger charge is -2.10. The molecule has 1 aromatic carbocycles. The van der Waals surface area contributed by atoms with E-state index in [0.29, 0.717) is 39.4 Å². The number of anilines is 2. The van der Waals surface area contributed by atoms with E-state index >= 15 is 0 Å². The van der Waals surface area contributed by atoms with Crippen LogP contribution in [-0.2, 0) is 6.54 Å². The average molecular weight is 362 g/mol. The van der Waals surface area contributed by atoms with Crippen LogP contribution in [0.1, 0.15) is 16.1 Å². The standard InChI is InChI=1S/C17H13Cl2N3O2/c18-13-4-1-5-14(19)16(13)22-15-7-6-11(9-20-15)17(23)21-10-12-3-2-8-24-12/h1-9H,10H2,(H,20,22)(H,21,23). The number of nitrogens with one attached hydrogen (secondary N) is 2. The smallest absolute Gasteiger partial charge is 0.253 e. The van der Waals surface area contributed by atoms with Crippen molar-refractivity contribution in [3.05, 3.63) is 76.3 Å². The third-order valence-corrected chi connectivity index (χ3v) is 3.87. The molecule has 0 radical (unpaired) electrons. The number of carbonyl (C=O) groups is 1. The SMILES string of the molecule is O=C(NCc1ccco1)c1ccc(Nc2c(Cl)cccc2Cl)nc1. The lowest BCUT2D eigenvalue weighted by atomic mass is 10.2. The Hall–Kier alpha value is -2.50. The molecule has 122 valence electrons. The van der Waals surface area contributed by atoms with E-state index < -0.39 is 0 Å². The van der Waals surface area contributed by atoms with Crippen molar-refractivity contribution in [3.8, 4) is 0 Å². The van der Waals surface area contributed by atoms with E-state index in [1.54, 1.807) is 48.7 Å². The third kappa shape index (κ3) is 3.88. The Kier molecular flexibility index (Phi) is 5.03. The van der Waals surface area contributed by atoms with Gasteiger partial charge in [0.2, 0.25) is 0 Å². The average Bonchev–Trinajstić information content (AvgIpc) is 3.10. The van der Waals surface area contributed by atoms with Gasteiger partial charge in [0.25, 0.3) is 5.91 Å². The van der Waals surface area contributed by atoms with E-state index in [2.05, 4.69) is 15.6 Å². The monoisotopic (exact) mass is 361 g/mol. The molecule has 0 aliphatic rings. The Bertz CT molecular complexity index is 813. The van der Waals surface area contributed by atoms with Crippen molar-refractivity contribution in [2.45, 2.75) is 6.54 Å². The molecule has 2 N–H and O–H groups in total. The van der Waals surface area contributed by atoms with Crippen LogP contribution in [0.3, 0.4) is 0 Å². The van der Waals surface area contributed by atoms with E-state index in [0.717, 1.165) is 0 Å². The van der Waals surface area contributed by atoms with Gasteiger partial charge < -0.3 is 15.1 Å². The summed E-state index contributed by atoms with van der Waals surface area (Å²) in [4.78, 5) is 16.3. The molecule has 0 spiro atoms. The van der Waals surface area contributed by atoms with Gasteiger partial charge in [0.15, 0.2) is 0 Å². The maximum atomic E-state index is 12.1. The molecule has 5 nitrogen and oxygen atoms in total. The molecule has 0 bridgehead atoms. The Morgan fingerprint density at radius 2 is 1.88 bits per heavy atom. The van der Waals surface area contributed by atoms with E-state index in [9.17, 15) is 4.79 Å². The molecular formula is C17H13Cl2N3O2. The summed E-state index contributed by atoms with van der Waals surface area (Å²) in [5, 5.41) is 6.77. The topological polar surface area (TPSA) is 67.2 Å². The number of hydrogen-bond acceptors (Lipinski definition) is 4. The first-order chi connectivity index (χ1) is 11.6. The summed E-state index contributed by atoms with van der Waals surface area (Å²) < 4.78 is 5.16. The first kappa shape index (κ1) is 16.4. The van der Waals surface area contributed by atoms with Gasteiger partial charge in [0, 0.05) is 6.20 Å². The lowest BCUT2D eigenvalue weighted by molar-refractivity contribution is 0.0947. The highest BCUT2D eigenvalue weighted by Crippen LogP contribution is 2.31. The second-order valence-electron chi connectivity index (χ2n) is 4.92. The van der Waals surface area contributed by atoms with Crippen LogP contribution in [0.5, 0.6) is 0 Å². The van der Waals surface area contributed by atoms with Gasteiger partial charge in [-0.15, -0.1) is 0 Å². The fraction of sp³-hybridized carbons (Fsp3) is 0.0588. The number of furan rings is 1. The number of para-hydroxylation sites is 1. The van der Waals surface area contributed by atoms with Crippen LogP contribution in [-0.4, -0.2) is 10.9 Å². The molecule has 1 amide bonds. The molecule has 0 unspecified atom stereocenters.